The smallest absolute Gasteiger partial charge is 0.251 e. The Morgan fingerprint density at radius 1 is 1.23 bits per heavy atom. The molecule has 5 rings (SSSR count). The highest BCUT2D eigenvalue weighted by atomic mass is 32.1. The highest BCUT2D eigenvalue weighted by Gasteiger charge is 2.50. The van der Waals surface area contributed by atoms with Crippen molar-refractivity contribution in [1.29, 1.82) is 0 Å². The highest BCUT2D eigenvalue weighted by Crippen LogP contribution is 2.41. The maximum absolute atomic E-state index is 14.0. The molecule has 8 nitrogen and oxygen atoms in total. The van der Waals surface area contributed by atoms with Crippen LogP contribution in [0.1, 0.15) is 26.2 Å². The standard InChI is InChI=1S/C21H19FN6O2S/c1-2-17(29)24-16-9-11(3-4-13(16)22)27-21(7-8-21)19(30)26-20-25-15-6-5-14-12(10-23-28-14)18(15)31-20/h3-6,9-10,27H,2,7-8H2,1H3,(H,23,28)(H,24,29)(H,25,26,30). The summed E-state index contributed by atoms with van der Waals surface area (Å²) in [5, 5.41) is 17.1. The Labute approximate surface area is 180 Å². The van der Waals surface area contributed by atoms with Crippen LogP contribution in [0, 0.1) is 5.82 Å². The average Bonchev–Trinajstić information content (AvgIpc) is 3.19. The van der Waals surface area contributed by atoms with Gasteiger partial charge in [0.1, 0.15) is 11.4 Å². The van der Waals surface area contributed by atoms with Crippen molar-refractivity contribution in [3.05, 3.63) is 42.3 Å². The molecule has 31 heavy (non-hydrogen) atoms. The van der Waals surface area contributed by atoms with Gasteiger partial charge in [0.15, 0.2) is 5.13 Å². The van der Waals surface area contributed by atoms with Crippen LogP contribution >= 0.6 is 11.3 Å². The van der Waals surface area contributed by atoms with E-state index >= 15 is 0 Å². The van der Waals surface area contributed by atoms with Crippen molar-refractivity contribution >= 4 is 60.8 Å². The second kappa shape index (κ2) is 7.31. The number of H-pyrrole nitrogens is 1. The van der Waals surface area contributed by atoms with Crippen molar-refractivity contribution in [3.8, 4) is 0 Å². The van der Waals surface area contributed by atoms with Crippen LogP contribution in [0.5, 0.6) is 0 Å². The van der Waals surface area contributed by atoms with Gasteiger partial charge < -0.3 is 10.6 Å². The number of anilines is 3. The number of aromatic amines is 1. The third kappa shape index (κ3) is 3.59. The van der Waals surface area contributed by atoms with Crippen LogP contribution < -0.4 is 16.0 Å². The van der Waals surface area contributed by atoms with E-state index in [2.05, 4.69) is 31.1 Å². The third-order valence-electron chi connectivity index (χ3n) is 5.32. The second-order valence-corrected chi connectivity index (χ2v) is 8.52. The fourth-order valence-corrected chi connectivity index (χ4v) is 4.39. The first-order valence-corrected chi connectivity index (χ1v) is 10.7. The number of nitrogens with zero attached hydrogens (tertiary/aromatic N) is 2. The lowest BCUT2D eigenvalue weighted by Crippen LogP contribution is -2.37. The summed E-state index contributed by atoms with van der Waals surface area (Å²) in [6.45, 7) is 1.69. The van der Waals surface area contributed by atoms with E-state index in [1.807, 2.05) is 12.1 Å². The number of hydrogen-bond donors (Lipinski definition) is 4. The maximum atomic E-state index is 14.0. The van der Waals surface area contributed by atoms with Gasteiger partial charge in [0.05, 0.1) is 27.6 Å². The number of rotatable bonds is 6. The van der Waals surface area contributed by atoms with E-state index in [1.165, 1.54) is 23.5 Å². The zero-order chi connectivity index (χ0) is 21.6. The molecule has 0 atom stereocenters. The molecule has 1 saturated carbocycles. The van der Waals surface area contributed by atoms with Gasteiger partial charge in [-0.05, 0) is 43.2 Å². The summed E-state index contributed by atoms with van der Waals surface area (Å²) in [6, 6.07) is 8.12. The molecule has 1 fully saturated rings. The molecule has 0 radical (unpaired) electrons. The van der Waals surface area contributed by atoms with Crippen molar-refractivity contribution in [2.45, 2.75) is 31.7 Å². The minimum absolute atomic E-state index is 0.0864. The summed E-state index contributed by atoms with van der Waals surface area (Å²) >= 11 is 1.40. The van der Waals surface area contributed by atoms with Crippen LogP contribution in [0.15, 0.2) is 36.5 Å². The van der Waals surface area contributed by atoms with Gasteiger partial charge in [0.2, 0.25) is 5.91 Å². The Morgan fingerprint density at radius 2 is 2.06 bits per heavy atom. The van der Waals surface area contributed by atoms with Gasteiger partial charge in [-0.15, -0.1) is 0 Å². The summed E-state index contributed by atoms with van der Waals surface area (Å²) < 4.78 is 15.0. The van der Waals surface area contributed by atoms with Crippen LogP contribution in [-0.2, 0) is 9.59 Å². The summed E-state index contributed by atoms with van der Waals surface area (Å²) in [5.74, 6) is -1.00. The van der Waals surface area contributed by atoms with Crippen molar-refractivity contribution < 1.29 is 14.0 Å². The van der Waals surface area contributed by atoms with E-state index < -0.39 is 11.4 Å². The molecule has 2 amide bonds. The Bertz CT molecular complexity index is 1330. The summed E-state index contributed by atoms with van der Waals surface area (Å²) in [6.07, 6.45) is 3.28. The first kappa shape index (κ1) is 19.4. The molecular weight excluding hydrogens is 419 g/mol. The lowest BCUT2D eigenvalue weighted by Gasteiger charge is -2.18. The Morgan fingerprint density at radius 3 is 2.84 bits per heavy atom. The number of nitrogens with one attached hydrogen (secondary N) is 4. The first-order chi connectivity index (χ1) is 15.0. The van der Waals surface area contributed by atoms with Crippen molar-refractivity contribution in [2.75, 3.05) is 16.0 Å². The van der Waals surface area contributed by atoms with E-state index in [1.54, 1.807) is 19.2 Å². The first-order valence-electron chi connectivity index (χ1n) is 9.89. The quantitative estimate of drug-likeness (QED) is 0.360. The van der Waals surface area contributed by atoms with Gasteiger partial charge in [-0.25, -0.2) is 9.37 Å². The van der Waals surface area contributed by atoms with Gasteiger partial charge in [-0.3, -0.25) is 20.0 Å². The van der Waals surface area contributed by atoms with Gasteiger partial charge in [-0.2, -0.15) is 5.10 Å². The Kier molecular flexibility index (Phi) is 4.58. The summed E-state index contributed by atoms with van der Waals surface area (Å²) in [4.78, 5) is 29.1. The fourth-order valence-electron chi connectivity index (χ4n) is 3.42. The number of benzene rings is 2. The molecule has 10 heteroatoms. The number of hydrogen-bond acceptors (Lipinski definition) is 6. The fraction of sp³-hybridized carbons (Fsp3) is 0.238. The van der Waals surface area contributed by atoms with E-state index in [-0.39, 0.29) is 23.9 Å². The predicted molar refractivity (Wildman–Crippen MR) is 119 cm³/mol. The minimum atomic E-state index is -0.785. The number of aromatic nitrogens is 3. The zero-order valence-corrected chi connectivity index (χ0v) is 17.4. The lowest BCUT2D eigenvalue weighted by molar-refractivity contribution is -0.118. The second-order valence-electron chi connectivity index (χ2n) is 7.52. The molecular formula is C21H19FN6O2S. The molecule has 1 aliphatic rings. The van der Waals surface area contributed by atoms with Gasteiger partial charge in [-0.1, -0.05) is 18.3 Å². The van der Waals surface area contributed by atoms with Gasteiger partial charge in [0.25, 0.3) is 5.91 Å². The monoisotopic (exact) mass is 438 g/mol. The maximum Gasteiger partial charge on any atom is 0.251 e. The third-order valence-corrected chi connectivity index (χ3v) is 6.34. The van der Waals surface area contributed by atoms with E-state index in [0.717, 1.165) is 21.1 Å². The van der Waals surface area contributed by atoms with Crippen LogP contribution in [0.25, 0.3) is 21.1 Å². The van der Waals surface area contributed by atoms with Crippen LogP contribution in [-0.4, -0.2) is 32.5 Å². The number of carbonyl (C=O) groups excluding carboxylic acids is 2. The van der Waals surface area contributed by atoms with E-state index in [9.17, 15) is 14.0 Å². The molecule has 0 unspecified atom stereocenters. The molecule has 2 heterocycles. The van der Waals surface area contributed by atoms with Crippen molar-refractivity contribution in [1.82, 2.24) is 15.2 Å². The number of amides is 2. The average molecular weight is 438 g/mol. The molecule has 4 N–H and O–H groups in total. The molecule has 0 spiro atoms. The van der Waals surface area contributed by atoms with E-state index in [4.69, 9.17) is 0 Å². The largest absolute Gasteiger partial charge is 0.371 e. The van der Waals surface area contributed by atoms with Crippen molar-refractivity contribution in [3.63, 3.8) is 0 Å². The SMILES string of the molecule is CCC(=O)Nc1cc(NC2(C(=O)Nc3nc4ccc5[nH]ncc5c4s3)CC2)ccc1F. The molecule has 0 bridgehead atoms. The van der Waals surface area contributed by atoms with Crippen LogP contribution in [0.4, 0.5) is 20.9 Å². The molecule has 0 aliphatic heterocycles. The van der Waals surface area contributed by atoms with Crippen molar-refractivity contribution in [2.24, 2.45) is 0 Å². The number of carbonyl (C=O) groups is 2. The molecule has 4 aromatic rings. The van der Waals surface area contributed by atoms with Gasteiger partial charge >= 0.3 is 0 Å². The van der Waals surface area contributed by atoms with Crippen LogP contribution in [0.3, 0.4) is 0 Å². The Hall–Kier alpha value is -3.53. The summed E-state index contributed by atoms with van der Waals surface area (Å²) in [5.41, 5.74) is 1.57. The summed E-state index contributed by atoms with van der Waals surface area (Å²) in [7, 11) is 0. The number of fused-ring (bicyclic) bond motifs is 3. The highest BCUT2D eigenvalue weighted by molar-refractivity contribution is 7.23. The van der Waals surface area contributed by atoms with Crippen LogP contribution in [0.2, 0.25) is 0 Å². The number of halogens is 1. The molecule has 158 valence electrons. The normalized spacial score (nSPS) is 14.5. The topological polar surface area (TPSA) is 112 Å². The zero-order valence-electron chi connectivity index (χ0n) is 16.6. The lowest BCUT2D eigenvalue weighted by atomic mass is 10.2. The van der Waals surface area contributed by atoms with Gasteiger partial charge in [0, 0.05) is 17.5 Å². The molecule has 2 aromatic heterocycles. The molecule has 1 aliphatic carbocycles. The Balaban J connectivity index is 1.34. The predicted octanol–water partition coefficient (Wildman–Crippen LogP) is 4.24. The minimum Gasteiger partial charge on any atom is -0.371 e. The van der Waals surface area contributed by atoms with E-state index in [0.29, 0.717) is 23.7 Å². The number of thiazole rings is 1. The molecule has 0 saturated heterocycles. The molecule has 2 aromatic carbocycles.